The molecule has 12 heavy (non-hydrogen) atoms. The molecule has 0 spiro atoms. The Hall–Kier alpha value is -0.870. The maximum atomic E-state index is 10.9. The van der Waals surface area contributed by atoms with Gasteiger partial charge < -0.3 is 9.47 Å². The molecule has 1 rings (SSSR count). The van der Waals surface area contributed by atoms with E-state index in [0.29, 0.717) is 5.57 Å². The van der Waals surface area contributed by atoms with Crippen molar-refractivity contribution in [3.63, 3.8) is 0 Å². The Morgan fingerprint density at radius 1 is 1.67 bits per heavy atom. The molecule has 2 atom stereocenters. The number of hydrogen-bond acceptors (Lipinski definition) is 4. The Morgan fingerprint density at radius 2 is 2.25 bits per heavy atom. The highest BCUT2D eigenvalue weighted by Crippen LogP contribution is 2.37. The second-order valence-electron chi connectivity index (χ2n) is 2.86. The lowest BCUT2D eigenvalue weighted by atomic mass is 10.3. The first-order valence-corrected chi connectivity index (χ1v) is 3.59. The summed E-state index contributed by atoms with van der Waals surface area (Å²) < 4.78 is 14.7. The average Bonchev–Trinajstić information content (AvgIpc) is 2.63. The van der Waals surface area contributed by atoms with Crippen LogP contribution in [0.25, 0.3) is 0 Å². The maximum Gasteiger partial charge on any atom is 0.335 e. The third-order valence-corrected chi connectivity index (χ3v) is 1.68. The highest BCUT2D eigenvalue weighted by Gasteiger charge is 2.57. The molecule has 0 aromatic heterocycles. The van der Waals surface area contributed by atoms with Crippen LogP contribution in [0.1, 0.15) is 13.8 Å². The first kappa shape index (κ1) is 9.22. The minimum atomic E-state index is -0.759. The molecule has 2 unspecified atom stereocenters. The van der Waals surface area contributed by atoms with Gasteiger partial charge in [-0.3, -0.25) is 4.74 Å². The van der Waals surface area contributed by atoms with Crippen molar-refractivity contribution < 1.29 is 19.0 Å². The van der Waals surface area contributed by atoms with E-state index in [9.17, 15) is 4.79 Å². The lowest BCUT2D eigenvalue weighted by molar-refractivity contribution is -0.144. The van der Waals surface area contributed by atoms with E-state index in [-0.39, 0.29) is 0 Å². The first-order chi connectivity index (χ1) is 5.49. The molecular formula is C8H12O4. The van der Waals surface area contributed by atoms with Gasteiger partial charge in [-0.2, -0.15) is 0 Å². The SMILES string of the molecule is C=C(C)C(=O)OC1OC1(C)OC. The lowest BCUT2D eigenvalue weighted by Gasteiger charge is -2.03. The van der Waals surface area contributed by atoms with Crippen LogP contribution in [0, 0.1) is 0 Å². The molecule has 1 saturated heterocycles. The van der Waals surface area contributed by atoms with Crippen molar-refractivity contribution in [2.75, 3.05) is 7.11 Å². The van der Waals surface area contributed by atoms with Crippen molar-refractivity contribution in [3.8, 4) is 0 Å². The summed E-state index contributed by atoms with van der Waals surface area (Å²) in [5.41, 5.74) is 0.351. The monoisotopic (exact) mass is 172 g/mol. The maximum absolute atomic E-state index is 10.9. The minimum absolute atomic E-state index is 0.351. The second-order valence-corrected chi connectivity index (χ2v) is 2.86. The molecule has 1 aliphatic heterocycles. The van der Waals surface area contributed by atoms with Crippen LogP contribution in [0.4, 0.5) is 0 Å². The first-order valence-electron chi connectivity index (χ1n) is 3.59. The van der Waals surface area contributed by atoms with Crippen LogP contribution in [0.3, 0.4) is 0 Å². The van der Waals surface area contributed by atoms with Gasteiger partial charge in [-0.1, -0.05) is 6.58 Å². The van der Waals surface area contributed by atoms with Gasteiger partial charge in [0.1, 0.15) is 0 Å². The van der Waals surface area contributed by atoms with Gasteiger partial charge in [0, 0.05) is 12.7 Å². The largest absolute Gasteiger partial charge is 0.426 e. The van der Waals surface area contributed by atoms with Crippen molar-refractivity contribution in [1.82, 2.24) is 0 Å². The van der Waals surface area contributed by atoms with Crippen molar-refractivity contribution in [2.45, 2.75) is 25.9 Å². The van der Waals surface area contributed by atoms with E-state index < -0.39 is 18.0 Å². The van der Waals surface area contributed by atoms with Crippen molar-refractivity contribution >= 4 is 5.97 Å². The number of ether oxygens (including phenoxy) is 3. The van der Waals surface area contributed by atoms with E-state index >= 15 is 0 Å². The number of hydrogen-bond donors (Lipinski definition) is 0. The topological polar surface area (TPSA) is 48.1 Å². The van der Waals surface area contributed by atoms with Crippen LogP contribution in [0.2, 0.25) is 0 Å². The van der Waals surface area contributed by atoms with Gasteiger partial charge in [-0.25, -0.2) is 4.79 Å². The van der Waals surface area contributed by atoms with Gasteiger partial charge in [0.25, 0.3) is 6.29 Å². The van der Waals surface area contributed by atoms with Crippen LogP contribution in [-0.4, -0.2) is 25.2 Å². The van der Waals surface area contributed by atoms with Crippen LogP contribution in [-0.2, 0) is 19.0 Å². The van der Waals surface area contributed by atoms with Gasteiger partial charge in [-0.05, 0) is 13.8 Å². The zero-order valence-electron chi connectivity index (χ0n) is 7.42. The van der Waals surface area contributed by atoms with Crippen LogP contribution < -0.4 is 0 Å². The summed E-state index contributed by atoms with van der Waals surface area (Å²) in [5, 5.41) is 0. The predicted molar refractivity (Wildman–Crippen MR) is 41.2 cm³/mol. The molecule has 68 valence electrons. The molecule has 0 amide bonds. The third-order valence-electron chi connectivity index (χ3n) is 1.68. The number of carbonyl (C=O) groups is 1. The van der Waals surface area contributed by atoms with E-state index in [0.717, 1.165) is 0 Å². The standard InChI is InChI=1S/C8H12O4/c1-5(2)6(9)11-7-8(3,10-4)12-7/h7H,1H2,2-4H3. The van der Waals surface area contributed by atoms with Gasteiger partial charge >= 0.3 is 5.97 Å². The number of carbonyl (C=O) groups excluding carboxylic acids is 1. The fourth-order valence-electron chi connectivity index (χ4n) is 0.652. The number of methoxy groups -OCH3 is 1. The highest BCUT2D eigenvalue weighted by molar-refractivity contribution is 5.87. The zero-order valence-corrected chi connectivity index (χ0v) is 7.42. The summed E-state index contributed by atoms with van der Waals surface area (Å²) in [6.45, 7) is 6.71. The van der Waals surface area contributed by atoms with Crippen LogP contribution in [0.15, 0.2) is 12.2 Å². The van der Waals surface area contributed by atoms with Crippen molar-refractivity contribution in [1.29, 1.82) is 0 Å². The fraction of sp³-hybridized carbons (Fsp3) is 0.625. The molecule has 0 aliphatic carbocycles. The second kappa shape index (κ2) is 2.88. The van der Waals surface area contributed by atoms with Gasteiger partial charge in [0.15, 0.2) is 0 Å². The Kier molecular flexibility index (Phi) is 2.21. The Balaban J connectivity index is 2.37. The molecule has 4 nitrogen and oxygen atoms in total. The summed E-state index contributed by atoms with van der Waals surface area (Å²) in [4.78, 5) is 10.9. The fourth-order valence-corrected chi connectivity index (χ4v) is 0.652. The minimum Gasteiger partial charge on any atom is -0.426 e. The highest BCUT2D eigenvalue weighted by atomic mass is 16.9. The molecule has 1 heterocycles. The Morgan fingerprint density at radius 3 is 2.58 bits per heavy atom. The number of rotatable bonds is 3. The summed E-state index contributed by atoms with van der Waals surface area (Å²) >= 11 is 0. The normalized spacial score (nSPS) is 32.8. The average molecular weight is 172 g/mol. The molecule has 0 bridgehead atoms. The molecule has 4 heteroatoms. The summed E-state index contributed by atoms with van der Waals surface area (Å²) in [7, 11) is 1.49. The van der Waals surface area contributed by atoms with Crippen molar-refractivity contribution in [3.05, 3.63) is 12.2 Å². The Labute approximate surface area is 71.1 Å². The quantitative estimate of drug-likeness (QED) is 0.359. The van der Waals surface area contributed by atoms with Gasteiger partial charge in [-0.15, -0.1) is 0 Å². The van der Waals surface area contributed by atoms with E-state index in [2.05, 4.69) is 6.58 Å². The number of epoxide rings is 1. The molecular weight excluding hydrogens is 160 g/mol. The Bertz CT molecular complexity index is 223. The van der Waals surface area contributed by atoms with E-state index in [1.54, 1.807) is 13.8 Å². The molecule has 0 aromatic carbocycles. The number of esters is 1. The van der Waals surface area contributed by atoms with Crippen molar-refractivity contribution in [2.24, 2.45) is 0 Å². The molecule has 0 aromatic rings. The van der Waals surface area contributed by atoms with Gasteiger partial charge in [0.2, 0.25) is 5.79 Å². The van der Waals surface area contributed by atoms with E-state index in [4.69, 9.17) is 14.2 Å². The molecule has 0 radical (unpaired) electrons. The van der Waals surface area contributed by atoms with E-state index in [1.807, 2.05) is 0 Å². The van der Waals surface area contributed by atoms with Gasteiger partial charge in [0.05, 0.1) is 0 Å². The molecule has 0 N–H and O–H groups in total. The smallest absolute Gasteiger partial charge is 0.335 e. The molecule has 1 fully saturated rings. The molecule has 1 aliphatic rings. The van der Waals surface area contributed by atoms with Crippen LogP contribution >= 0.6 is 0 Å². The lowest BCUT2D eigenvalue weighted by Crippen LogP contribution is -2.17. The molecule has 0 saturated carbocycles. The van der Waals surface area contributed by atoms with E-state index in [1.165, 1.54) is 7.11 Å². The summed E-state index contributed by atoms with van der Waals surface area (Å²) in [6.07, 6.45) is -0.591. The predicted octanol–water partition coefficient (Wildman–Crippen LogP) is 0.825. The summed E-state index contributed by atoms with van der Waals surface area (Å²) in [6, 6.07) is 0. The summed E-state index contributed by atoms with van der Waals surface area (Å²) in [5.74, 6) is -1.22. The third kappa shape index (κ3) is 1.65. The van der Waals surface area contributed by atoms with Crippen LogP contribution in [0.5, 0.6) is 0 Å². The zero-order chi connectivity index (χ0) is 9.35.